The van der Waals surface area contributed by atoms with Crippen molar-refractivity contribution in [3.05, 3.63) is 24.3 Å². The molecule has 3 nitrogen and oxygen atoms in total. The predicted molar refractivity (Wildman–Crippen MR) is 67.9 cm³/mol. The number of rotatable bonds is 2. The van der Waals surface area contributed by atoms with Crippen LogP contribution in [0.3, 0.4) is 0 Å². The lowest BCUT2D eigenvalue weighted by Crippen LogP contribution is -2.31. The normalized spacial score (nSPS) is 17.2. The van der Waals surface area contributed by atoms with Crippen molar-refractivity contribution in [2.75, 3.05) is 30.3 Å². The summed E-state index contributed by atoms with van der Waals surface area (Å²) >= 11 is 2.00. The highest BCUT2D eigenvalue weighted by atomic mass is 32.2. The first-order valence-electron chi connectivity index (χ1n) is 5.07. The largest absolute Gasteiger partial charge is 0.397 e. The van der Waals surface area contributed by atoms with Crippen LogP contribution in [-0.4, -0.2) is 35.8 Å². The molecule has 0 aliphatic carbocycles. The average molecular weight is 221 g/mol. The van der Waals surface area contributed by atoms with Crippen LogP contribution < -0.4 is 5.73 Å². The second-order valence-corrected chi connectivity index (χ2v) is 4.68. The highest BCUT2D eigenvalue weighted by molar-refractivity contribution is 7.99. The van der Waals surface area contributed by atoms with Crippen LogP contribution in [-0.2, 0) is 0 Å². The quantitative estimate of drug-likeness (QED) is 0.471. The Bertz CT molecular complexity index is 345. The third-order valence-corrected chi connectivity index (χ3v) is 3.29. The van der Waals surface area contributed by atoms with Gasteiger partial charge in [0.1, 0.15) is 0 Å². The Morgan fingerprint density at radius 1 is 1.27 bits per heavy atom. The van der Waals surface area contributed by atoms with Crippen molar-refractivity contribution in [2.24, 2.45) is 4.99 Å². The molecule has 0 amide bonds. The van der Waals surface area contributed by atoms with Crippen LogP contribution in [0.4, 0.5) is 11.4 Å². The van der Waals surface area contributed by atoms with Gasteiger partial charge in [0.05, 0.1) is 17.7 Å². The standard InChI is InChI=1S/C11H15N3S/c12-10-3-1-2-4-11(10)13-9-14-5-7-15-8-6-14/h1-4,9H,5-8,12H2/b13-9+. The zero-order valence-electron chi connectivity index (χ0n) is 8.60. The van der Waals surface area contributed by atoms with E-state index in [9.17, 15) is 0 Å². The van der Waals surface area contributed by atoms with Crippen LogP contribution >= 0.6 is 11.8 Å². The molecule has 0 spiro atoms. The van der Waals surface area contributed by atoms with Gasteiger partial charge in [0.2, 0.25) is 0 Å². The number of nitrogen functional groups attached to an aromatic ring is 1. The van der Waals surface area contributed by atoms with E-state index in [1.807, 2.05) is 42.4 Å². The fourth-order valence-corrected chi connectivity index (χ4v) is 2.37. The van der Waals surface area contributed by atoms with Gasteiger partial charge < -0.3 is 10.6 Å². The van der Waals surface area contributed by atoms with E-state index in [1.54, 1.807) is 0 Å². The van der Waals surface area contributed by atoms with Crippen molar-refractivity contribution in [3.8, 4) is 0 Å². The Hall–Kier alpha value is -1.16. The van der Waals surface area contributed by atoms with Crippen LogP contribution in [0.1, 0.15) is 0 Å². The van der Waals surface area contributed by atoms with Crippen molar-refractivity contribution >= 4 is 29.5 Å². The van der Waals surface area contributed by atoms with E-state index in [-0.39, 0.29) is 0 Å². The van der Waals surface area contributed by atoms with Crippen LogP contribution in [0.15, 0.2) is 29.3 Å². The summed E-state index contributed by atoms with van der Waals surface area (Å²) in [6.07, 6.45) is 1.91. The second kappa shape index (κ2) is 5.07. The third-order valence-electron chi connectivity index (χ3n) is 2.34. The van der Waals surface area contributed by atoms with E-state index >= 15 is 0 Å². The Kier molecular flexibility index (Phi) is 3.50. The lowest BCUT2D eigenvalue weighted by molar-refractivity contribution is 0.477. The van der Waals surface area contributed by atoms with Crippen molar-refractivity contribution in [3.63, 3.8) is 0 Å². The molecule has 1 fully saturated rings. The third kappa shape index (κ3) is 2.89. The first-order chi connectivity index (χ1) is 7.36. The summed E-state index contributed by atoms with van der Waals surface area (Å²) in [5, 5.41) is 0. The zero-order chi connectivity index (χ0) is 10.5. The zero-order valence-corrected chi connectivity index (χ0v) is 9.41. The molecule has 0 radical (unpaired) electrons. The number of anilines is 1. The number of para-hydroxylation sites is 2. The monoisotopic (exact) mass is 221 g/mol. The molecule has 4 heteroatoms. The summed E-state index contributed by atoms with van der Waals surface area (Å²) in [6, 6.07) is 7.68. The molecule has 2 N–H and O–H groups in total. The molecule has 15 heavy (non-hydrogen) atoms. The number of nitrogens with zero attached hydrogens (tertiary/aromatic N) is 2. The van der Waals surface area contributed by atoms with Gasteiger partial charge in [0.25, 0.3) is 0 Å². The van der Waals surface area contributed by atoms with Crippen LogP contribution in [0.5, 0.6) is 0 Å². The van der Waals surface area contributed by atoms with Gasteiger partial charge in [-0.1, -0.05) is 12.1 Å². The first-order valence-corrected chi connectivity index (χ1v) is 6.22. The number of aliphatic imine (C=N–C) groups is 1. The molecule has 0 aromatic heterocycles. The number of nitrogens with two attached hydrogens (primary N) is 1. The minimum atomic E-state index is 0.736. The SMILES string of the molecule is Nc1ccccc1/N=C/N1CCSCC1. The predicted octanol–water partition coefficient (Wildman–Crippen LogP) is 1.98. The van der Waals surface area contributed by atoms with Gasteiger partial charge in [-0.2, -0.15) is 11.8 Å². The van der Waals surface area contributed by atoms with Crippen molar-refractivity contribution in [1.82, 2.24) is 4.90 Å². The van der Waals surface area contributed by atoms with E-state index in [0.717, 1.165) is 24.5 Å². The lowest BCUT2D eigenvalue weighted by atomic mass is 10.3. The molecule has 1 aliphatic heterocycles. The molecule has 0 saturated carbocycles. The lowest BCUT2D eigenvalue weighted by Gasteiger charge is -2.23. The molecule has 1 saturated heterocycles. The van der Waals surface area contributed by atoms with Gasteiger partial charge >= 0.3 is 0 Å². The van der Waals surface area contributed by atoms with Gasteiger partial charge in [-0.25, -0.2) is 4.99 Å². The maximum atomic E-state index is 5.80. The van der Waals surface area contributed by atoms with Gasteiger partial charge in [0.15, 0.2) is 0 Å². The minimum absolute atomic E-state index is 0.736. The maximum absolute atomic E-state index is 5.80. The first kappa shape index (κ1) is 10.4. The highest BCUT2D eigenvalue weighted by Crippen LogP contribution is 2.20. The molecule has 0 unspecified atom stereocenters. The van der Waals surface area contributed by atoms with Gasteiger partial charge in [-0.05, 0) is 12.1 Å². The Morgan fingerprint density at radius 3 is 2.73 bits per heavy atom. The molecule has 0 atom stereocenters. The van der Waals surface area contributed by atoms with Crippen molar-refractivity contribution < 1.29 is 0 Å². The van der Waals surface area contributed by atoms with E-state index in [0.29, 0.717) is 0 Å². The van der Waals surface area contributed by atoms with Gasteiger partial charge in [-0.15, -0.1) is 0 Å². The Labute approximate surface area is 94.4 Å². The minimum Gasteiger partial charge on any atom is -0.397 e. The maximum Gasteiger partial charge on any atom is 0.0913 e. The molecule has 2 rings (SSSR count). The molecular weight excluding hydrogens is 206 g/mol. The van der Waals surface area contributed by atoms with Crippen LogP contribution in [0.2, 0.25) is 0 Å². The summed E-state index contributed by atoms with van der Waals surface area (Å²) in [6.45, 7) is 2.17. The van der Waals surface area contributed by atoms with E-state index in [2.05, 4.69) is 9.89 Å². The smallest absolute Gasteiger partial charge is 0.0913 e. The molecule has 80 valence electrons. The van der Waals surface area contributed by atoms with Gasteiger partial charge in [-0.3, -0.25) is 0 Å². The molecule has 0 bridgehead atoms. The summed E-state index contributed by atoms with van der Waals surface area (Å²) in [5.41, 5.74) is 7.39. The number of hydrogen-bond donors (Lipinski definition) is 1. The topological polar surface area (TPSA) is 41.6 Å². The Morgan fingerprint density at radius 2 is 2.00 bits per heavy atom. The highest BCUT2D eigenvalue weighted by Gasteiger charge is 2.05. The van der Waals surface area contributed by atoms with Crippen LogP contribution in [0.25, 0.3) is 0 Å². The number of hydrogen-bond acceptors (Lipinski definition) is 3. The average Bonchev–Trinajstić information content (AvgIpc) is 2.29. The molecule has 1 aromatic rings. The molecule has 1 aliphatic rings. The van der Waals surface area contributed by atoms with E-state index < -0.39 is 0 Å². The fraction of sp³-hybridized carbons (Fsp3) is 0.364. The van der Waals surface area contributed by atoms with Crippen LogP contribution in [0, 0.1) is 0 Å². The molecular formula is C11H15N3S. The van der Waals surface area contributed by atoms with Crippen molar-refractivity contribution in [1.29, 1.82) is 0 Å². The van der Waals surface area contributed by atoms with E-state index in [4.69, 9.17) is 5.73 Å². The van der Waals surface area contributed by atoms with E-state index in [1.165, 1.54) is 11.5 Å². The molecule has 1 aromatic carbocycles. The number of benzene rings is 1. The summed E-state index contributed by atoms with van der Waals surface area (Å²) in [5.74, 6) is 2.38. The summed E-state index contributed by atoms with van der Waals surface area (Å²) < 4.78 is 0. The second-order valence-electron chi connectivity index (χ2n) is 3.45. The number of thioether (sulfide) groups is 1. The Balaban J connectivity index is 2.01. The van der Waals surface area contributed by atoms with Crippen molar-refractivity contribution in [2.45, 2.75) is 0 Å². The molecule has 1 heterocycles. The summed E-state index contributed by atoms with van der Waals surface area (Å²) in [4.78, 5) is 6.64. The summed E-state index contributed by atoms with van der Waals surface area (Å²) in [7, 11) is 0. The van der Waals surface area contributed by atoms with Gasteiger partial charge in [0, 0.05) is 24.6 Å². The fourth-order valence-electron chi connectivity index (χ4n) is 1.44.